The van der Waals surface area contributed by atoms with Crippen molar-refractivity contribution in [3.63, 3.8) is 0 Å². The molecule has 1 heterocycles. The summed E-state index contributed by atoms with van der Waals surface area (Å²) in [4.78, 5) is 23.7. The van der Waals surface area contributed by atoms with Crippen molar-refractivity contribution in [2.45, 2.75) is 38.3 Å². The van der Waals surface area contributed by atoms with Gasteiger partial charge < -0.3 is 20.8 Å². The van der Waals surface area contributed by atoms with Gasteiger partial charge in [-0.2, -0.15) is 0 Å². The molecule has 7 atom stereocenters. The molecule has 6 heteroatoms. The van der Waals surface area contributed by atoms with Crippen LogP contribution >= 0.6 is 0 Å². The number of amides is 1. The minimum Gasteiger partial charge on any atom is -0.481 e. The predicted octanol–water partition coefficient (Wildman–Crippen LogP) is 0.456. The lowest BCUT2D eigenvalue weighted by atomic mass is 9.88. The second-order valence-corrected chi connectivity index (χ2v) is 7.46. The van der Waals surface area contributed by atoms with Crippen molar-refractivity contribution < 1.29 is 19.8 Å². The summed E-state index contributed by atoms with van der Waals surface area (Å²) in [6.07, 6.45) is 7.05. The van der Waals surface area contributed by atoms with E-state index < -0.39 is 5.97 Å². The van der Waals surface area contributed by atoms with Gasteiger partial charge in [-0.3, -0.25) is 9.59 Å². The SMILES string of the molecule is CC(=O)O.N[C@@H]1[C@H](C(=O)N2C[C@H]3CC(O)C[C@H]3C2)[C@@H]2C=C[C@H]1C2. The molecular weight excluding hydrogens is 296 g/mol. The van der Waals surface area contributed by atoms with Gasteiger partial charge in [0.25, 0.3) is 5.97 Å². The molecule has 4 N–H and O–H groups in total. The number of aliphatic hydroxyl groups excluding tert-OH is 1. The summed E-state index contributed by atoms with van der Waals surface area (Å²) >= 11 is 0. The first-order chi connectivity index (χ1) is 10.9. The van der Waals surface area contributed by atoms with Crippen LogP contribution in [0.2, 0.25) is 0 Å². The van der Waals surface area contributed by atoms with Gasteiger partial charge in [0.2, 0.25) is 5.91 Å². The number of hydrogen-bond acceptors (Lipinski definition) is 4. The molecule has 128 valence electrons. The molecule has 3 aliphatic carbocycles. The van der Waals surface area contributed by atoms with Crippen molar-refractivity contribution in [2.24, 2.45) is 35.3 Å². The fraction of sp³-hybridized carbons (Fsp3) is 0.765. The monoisotopic (exact) mass is 322 g/mol. The number of carbonyl (C=O) groups is 2. The highest BCUT2D eigenvalue weighted by molar-refractivity contribution is 5.81. The topological polar surface area (TPSA) is 104 Å². The average Bonchev–Trinajstić information content (AvgIpc) is 3.15. The largest absolute Gasteiger partial charge is 0.481 e. The van der Waals surface area contributed by atoms with Crippen LogP contribution in [0.4, 0.5) is 0 Å². The predicted molar refractivity (Wildman–Crippen MR) is 84.3 cm³/mol. The number of rotatable bonds is 1. The van der Waals surface area contributed by atoms with Crippen LogP contribution in [-0.2, 0) is 9.59 Å². The maximum absolute atomic E-state index is 12.7. The van der Waals surface area contributed by atoms with Gasteiger partial charge in [-0.25, -0.2) is 0 Å². The molecule has 2 saturated carbocycles. The van der Waals surface area contributed by atoms with Crippen LogP contribution in [0.25, 0.3) is 0 Å². The van der Waals surface area contributed by atoms with Gasteiger partial charge in [0.15, 0.2) is 0 Å². The number of aliphatic carboxylic acids is 1. The minimum absolute atomic E-state index is 0.0127. The van der Waals surface area contributed by atoms with E-state index in [1.54, 1.807) is 0 Å². The number of hydrogen-bond donors (Lipinski definition) is 3. The number of fused-ring (bicyclic) bond motifs is 3. The van der Waals surface area contributed by atoms with E-state index in [9.17, 15) is 9.90 Å². The second-order valence-electron chi connectivity index (χ2n) is 7.46. The fourth-order valence-electron chi connectivity index (χ4n) is 4.87. The molecule has 0 aromatic rings. The van der Waals surface area contributed by atoms with E-state index in [0.29, 0.717) is 23.7 Å². The summed E-state index contributed by atoms with van der Waals surface area (Å²) in [5.41, 5.74) is 6.23. The van der Waals surface area contributed by atoms with Crippen LogP contribution in [-0.4, -0.2) is 52.2 Å². The highest BCUT2D eigenvalue weighted by atomic mass is 16.4. The van der Waals surface area contributed by atoms with E-state index in [1.165, 1.54) is 0 Å². The summed E-state index contributed by atoms with van der Waals surface area (Å²) in [5, 5.41) is 17.1. The third-order valence-electron chi connectivity index (χ3n) is 5.84. The van der Waals surface area contributed by atoms with Gasteiger partial charge >= 0.3 is 0 Å². The van der Waals surface area contributed by atoms with E-state index in [0.717, 1.165) is 39.3 Å². The van der Waals surface area contributed by atoms with E-state index in [-0.39, 0.29) is 24.0 Å². The van der Waals surface area contributed by atoms with E-state index in [2.05, 4.69) is 12.2 Å². The molecule has 4 aliphatic rings. The summed E-state index contributed by atoms with van der Waals surface area (Å²) < 4.78 is 0. The van der Waals surface area contributed by atoms with Crippen LogP contribution in [0.3, 0.4) is 0 Å². The van der Waals surface area contributed by atoms with E-state index in [1.807, 2.05) is 4.90 Å². The van der Waals surface area contributed by atoms with Crippen molar-refractivity contribution in [1.29, 1.82) is 0 Å². The highest BCUT2D eigenvalue weighted by Crippen LogP contribution is 2.45. The Balaban J connectivity index is 0.000000354. The Labute approximate surface area is 136 Å². The van der Waals surface area contributed by atoms with Gasteiger partial charge in [0.1, 0.15) is 0 Å². The van der Waals surface area contributed by atoms with Gasteiger partial charge in [-0.15, -0.1) is 0 Å². The second kappa shape index (κ2) is 6.24. The highest BCUT2D eigenvalue weighted by Gasteiger charge is 2.50. The van der Waals surface area contributed by atoms with E-state index in [4.69, 9.17) is 15.6 Å². The zero-order valence-corrected chi connectivity index (χ0v) is 13.5. The zero-order chi connectivity index (χ0) is 16.7. The summed E-state index contributed by atoms with van der Waals surface area (Å²) in [6, 6.07) is 0.0218. The molecule has 0 radical (unpaired) electrons. The van der Waals surface area contributed by atoms with Crippen LogP contribution in [0.15, 0.2) is 12.2 Å². The minimum atomic E-state index is -0.833. The maximum atomic E-state index is 12.7. The van der Waals surface area contributed by atoms with Gasteiger partial charge in [0.05, 0.1) is 12.0 Å². The van der Waals surface area contributed by atoms with Gasteiger partial charge in [-0.05, 0) is 42.9 Å². The summed E-state index contributed by atoms with van der Waals surface area (Å²) in [6.45, 7) is 2.76. The Morgan fingerprint density at radius 3 is 2.09 bits per heavy atom. The van der Waals surface area contributed by atoms with Crippen LogP contribution in [0.5, 0.6) is 0 Å². The van der Waals surface area contributed by atoms with Crippen LogP contribution in [0.1, 0.15) is 26.2 Å². The lowest BCUT2D eigenvalue weighted by molar-refractivity contribution is -0.136. The van der Waals surface area contributed by atoms with Crippen LogP contribution < -0.4 is 5.73 Å². The summed E-state index contributed by atoms with van der Waals surface area (Å²) in [7, 11) is 0. The first-order valence-corrected chi connectivity index (χ1v) is 8.47. The molecule has 1 aliphatic heterocycles. The molecule has 1 amide bonds. The van der Waals surface area contributed by atoms with Gasteiger partial charge in [0, 0.05) is 26.1 Å². The van der Waals surface area contributed by atoms with Crippen molar-refractivity contribution >= 4 is 11.9 Å². The van der Waals surface area contributed by atoms with Crippen molar-refractivity contribution in [2.75, 3.05) is 13.1 Å². The third kappa shape index (κ3) is 3.15. The number of nitrogens with two attached hydrogens (primary N) is 1. The first-order valence-electron chi connectivity index (χ1n) is 8.47. The Kier molecular flexibility index (Phi) is 4.47. The Morgan fingerprint density at radius 2 is 1.61 bits per heavy atom. The fourth-order valence-corrected chi connectivity index (χ4v) is 4.87. The standard InChI is InChI=1S/C15H22N2O2.C2H4O2/c16-14-9-2-1-8(3-9)13(14)15(19)17-6-10-4-12(18)5-11(10)7-17;1-2(3)4/h1-2,8-14,18H,3-7,16H2;1H3,(H,3,4)/t8-,9+,10-,11+,12?,13-,14+;/m1./s1. The van der Waals surface area contributed by atoms with Gasteiger partial charge in [-0.1, -0.05) is 12.2 Å². The smallest absolute Gasteiger partial charge is 0.300 e. The number of carboxylic acid groups (broad SMARTS) is 1. The molecule has 0 aromatic heterocycles. The summed E-state index contributed by atoms with van der Waals surface area (Å²) in [5.74, 6) is 1.28. The Bertz CT molecular complexity index is 503. The lowest BCUT2D eigenvalue weighted by Crippen LogP contribution is -2.45. The van der Waals surface area contributed by atoms with Crippen molar-refractivity contribution in [1.82, 2.24) is 4.90 Å². The molecule has 0 spiro atoms. The van der Waals surface area contributed by atoms with Crippen LogP contribution in [0, 0.1) is 29.6 Å². The molecule has 0 aromatic carbocycles. The van der Waals surface area contributed by atoms with Crippen molar-refractivity contribution in [3.8, 4) is 0 Å². The quantitative estimate of drug-likeness (QED) is 0.608. The molecule has 2 bridgehead atoms. The number of carboxylic acids is 1. The molecular formula is C17H26N2O4. The molecule has 1 saturated heterocycles. The van der Waals surface area contributed by atoms with Crippen molar-refractivity contribution in [3.05, 3.63) is 12.2 Å². The molecule has 1 unspecified atom stereocenters. The Hall–Kier alpha value is -1.40. The van der Waals surface area contributed by atoms with E-state index >= 15 is 0 Å². The lowest BCUT2D eigenvalue weighted by Gasteiger charge is -2.29. The Morgan fingerprint density at radius 1 is 1.09 bits per heavy atom. The molecule has 23 heavy (non-hydrogen) atoms. The number of allylic oxidation sites excluding steroid dienone is 1. The number of likely N-dealkylation sites (tertiary alicyclic amines) is 1. The number of aliphatic hydroxyl groups is 1. The zero-order valence-electron chi connectivity index (χ0n) is 13.5. The molecule has 6 nitrogen and oxygen atoms in total. The maximum Gasteiger partial charge on any atom is 0.300 e. The average molecular weight is 322 g/mol. The first kappa shape index (κ1) is 16.5. The normalized spacial score (nSPS) is 43.3. The molecule has 4 rings (SSSR count). The number of carbonyl (C=O) groups excluding carboxylic acids is 1. The number of nitrogens with zero attached hydrogens (tertiary/aromatic N) is 1. The molecule has 3 fully saturated rings. The third-order valence-corrected chi connectivity index (χ3v) is 5.84.